The molecule has 2 N–H and O–H groups in total. The average molecular weight is 337 g/mol. The molecular weight excluding hydrogens is 323 g/mol. The van der Waals surface area contributed by atoms with Crippen molar-refractivity contribution in [2.75, 3.05) is 4.31 Å². The van der Waals surface area contributed by atoms with Gasteiger partial charge in [0.25, 0.3) is 15.7 Å². The Morgan fingerprint density at radius 1 is 1.14 bits per heavy atom. The van der Waals surface area contributed by atoms with E-state index in [4.69, 9.17) is 0 Å². The van der Waals surface area contributed by atoms with Crippen molar-refractivity contribution in [1.29, 1.82) is 0 Å². The van der Waals surface area contributed by atoms with E-state index in [1.807, 2.05) is 0 Å². The van der Waals surface area contributed by atoms with Gasteiger partial charge in [-0.15, -0.1) is 0 Å². The molecule has 122 valence electrons. The van der Waals surface area contributed by atoms with Crippen LogP contribution >= 0.6 is 0 Å². The van der Waals surface area contributed by atoms with Gasteiger partial charge >= 0.3 is 6.18 Å². The SMILES string of the molecule is CC(C)(O)C1=CC(O)(C(F)(F)F)N(c2ccccc2)S1(=O)=O. The molecule has 0 bridgehead atoms. The summed E-state index contributed by atoms with van der Waals surface area (Å²) in [4.78, 5) is -0.913. The van der Waals surface area contributed by atoms with E-state index in [0.29, 0.717) is 0 Å². The number of benzene rings is 1. The Kier molecular flexibility index (Phi) is 3.59. The number of halogens is 3. The van der Waals surface area contributed by atoms with Gasteiger partial charge in [-0.2, -0.15) is 13.2 Å². The van der Waals surface area contributed by atoms with Gasteiger partial charge in [0.15, 0.2) is 0 Å². The molecule has 1 aliphatic heterocycles. The molecule has 1 unspecified atom stereocenters. The molecule has 22 heavy (non-hydrogen) atoms. The normalized spacial score (nSPS) is 25.2. The lowest BCUT2D eigenvalue weighted by Gasteiger charge is -2.34. The van der Waals surface area contributed by atoms with E-state index < -0.39 is 32.4 Å². The number of aliphatic hydroxyl groups is 2. The molecule has 2 rings (SSSR count). The van der Waals surface area contributed by atoms with Crippen molar-refractivity contribution in [2.24, 2.45) is 0 Å². The summed E-state index contributed by atoms with van der Waals surface area (Å²) in [6.07, 6.45) is -5.15. The highest BCUT2D eigenvalue weighted by Crippen LogP contribution is 2.48. The van der Waals surface area contributed by atoms with Crippen molar-refractivity contribution in [3.8, 4) is 0 Å². The minimum absolute atomic E-state index is 0.132. The fourth-order valence-electron chi connectivity index (χ4n) is 2.19. The molecule has 0 radical (unpaired) electrons. The van der Waals surface area contributed by atoms with Crippen LogP contribution in [0.15, 0.2) is 41.3 Å². The zero-order valence-electron chi connectivity index (χ0n) is 11.7. The largest absolute Gasteiger partial charge is 0.441 e. The van der Waals surface area contributed by atoms with Crippen LogP contribution in [0.2, 0.25) is 0 Å². The number of anilines is 1. The lowest BCUT2D eigenvalue weighted by Crippen LogP contribution is -2.56. The topological polar surface area (TPSA) is 77.8 Å². The van der Waals surface area contributed by atoms with E-state index >= 15 is 0 Å². The molecule has 1 aliphatic rings. The summed E-state index contributed by atoms with van der Waals surface area (Å²) in [6.45, 7) is 2.06. The Labute approximate surface area is 125 Å². The molecule has 0 fully saturated rings. The summed E-state index contributed by atoms with van der Waals surface area (Å²) in [6, 6.07) is 6.40. The van der Waals surface area contributed by atoms with E-state index in [2.05, 4.69) is 0 Å². The number of rotatable bonds is 2. The van der Waals surface area contributed by atoms with Gasteiger partial charge in [0.05, 0.1) is 16.2 Å². The Bertz CT molecular complexity index is 707. The van der Waals surface area contributed by atoms with Crippen molar-refractivity contribution < 1.29 is 31.8 Å². The first kappa shape index (κ1) is 16.8. The van der Waals surface area contributed by atoms with Gasteiger partial charge in [-0.1, -0.05) is 18.2 Å². The predicted molar refractivity (Wildman–Crippen MR) is 73.2 cm³/mol. The lowest BCUT2D eigenvalue weighted by molar-refractivity contribution is -0.233. The number of sulfonamides is 1. The first-order valence-electron chi connectivity index (χ1n) is 6.17. The van der Waals surface area contributed by atoms with Crippen LogP contribution in [0.4, 0.5) is 18.9 Å². The van der Waals surface area contributed by atoms with Crippen molar-refractivity contribution >= 4 is 15.7 Å². The maximum atomic E-state index is 13.3. The molecule has 1 heterocycles. The van der Waals surface area contributed by atoms with Crippen molar-refractivity contribution in [3.05, 3.63) is 41.3 Å². The molecule has 0 saturated carbocycles. The molecule has 0 aliphatic carbocycles. The standard InChI is InChI=1S/C13H14F3NO4S/c1-11(2,18)10-8-12(19,13(14,15)16)17(22(10,20)21)9-6-4-3-5-7-9/h3-8,18-19H,1-2H3. The Morgan fingerprint density at radius 3 is 2.05 bits per heavy atom. The summed E-state index contributed by atoms with van der Waals surface area (Å²) >= 11 is 0. The fourth-order valence-corrected chi connectivity index (χ4v) is 4.25. The summed E-state index contributed by atoms with van der Waals surface area (Å²) < 4.78 is 64.7. The van der Waals surface area contributed by atoms with Crippen LogP contribution in [-0.4, -0.2) is 36.1 Å². The molecule has 5 nitrogen and oxygen atoms in total. The third kappa shape index (κ3) is 2.38. The first-order chi connectivity index (χ1) is 9.82. The maximum Gasteiger partial charge on any atom is 0.441 e. The van der Waals surface area contributed by atoms with Gasteiger partial charge in [0.2, 0.25) is 0 Å². The van der Waals surface area contributed by atoms with E-state index in [1.54, 1.807) is 0 Å². The van der Waals surface area contributed by atoms with Crippen LogP contribution in [0.3, 0.4) is 0 Å². The molecule has 1 aromatic rings. The van der Waals surface area contributed by atoms with Crippen LogP contribution in [-0.2, 0) is 10.0 Å². The average Bonchev–Trinajstić information content (AvgIpc) is 2.57. The maximum absolute atomic E-state index is 13.3. The highest BCUT2D eigenvalue weighted by atomic mass is 32.2. The summed E-state index contributed by atoms with van der Waals surface area (Å²) in [5, 5.41) is 19.9. The molecule has 0 spiro atoms. The minimum atomic E-state index is -5.29. The molecule has 9 heteroatoms. The van der Waals surface area contributed by atoms with Crippen molar-refractivity contribution in [3.63, 3.8) is 0 Å². The predicted octanol–water partition coefficient (Wildman–Crippen LogP) is 1.74. The Hall–Kier alpha value is -1.58. The molecule has 1 aromatic carbocycles. The lowest BCUT2D eigenvalue weighted by atomic mass is 10.1. The highest BCUT2D eigenvalue weighted by molar-refractivity contribution is 7.97. The molecular formula is C13H14F3NO4S. The van der Waals surface area contributed by atoms with Gasteiger partial charge < -0.3 is 10.2 Å². The third-order valence-corrected chi connectivity index (χ3v) is 5.31. The van der Waals surface area contributed by atoms with Crippen molar-refractivity contribution in [1.82, 2.24) is 0 Å². The number of nitrogens with zero attached hydrogens (tertiary/aromatic N) is 1. The summed E-state index contributed by atoms with van der Waals surface area (Å²) in [7, 11) is -4.75. The first-order valence-corrected chi connectivity index (χ1v) is 7.61. The van der Waals surface area contributed by atoms with E-state index in [0.717, 1.165) is 26.0 Å². The molecule has 0 amide bonds. The monoisotopic (exact) mass is 337 g/mol. The van der Waals surface area contributed by atoms with Gasteiger partial charge in [-0.25, -0.2) is 12.7 Å². The third-order valence-electron chi connectivity index (χ3n) is 3.17. The van der Waals surface area contributed by atoms with Crippen LogP contribution in [0.5, 0.6) is 0 Å². The van der Waals surface area contributed by atoms with Gasteiger partial charge in [-0.3, -0.25) is 0 Å². The number of alkyl halides is 3. The zero-order valence-corrected chi connectivity index (χ0v) is 12.5. The highest BCUT2D eigenvalue weighted by Gasteiger charge is 2.66. The number of hydrogen-bond donors (Lipinski definition) is 2. The summed E-state index contributed by atoms with van der Waals surface area (Å²) in [5.74, 6) is 0. The van der Waals surface area contributed by atoms with E-state index in [9.17, 15) is 31.8 Å². The van der Waals surface area contributed by atoms with Gasteiger partial charge in [0.1, 0.15) is 0 Å². The number of hydrogen-bond acceptors (Lipinski definition) is 4. The fraction of sp³-hybridized carbons (Fsp3) is 0.385. The van der Waals surface area contributed by atoms with Crippen LogP contribution in [0.1, 0.15) is 13.8 Å². The van der Waals surface area contributed by atoms with E-state index in [-0.39, 0.29) is 16.1 Å². The van der Waals surface area contributed by atoms with Gasteiger partial charge in [-0.05, 0) is 32.1 Å². The quantitative estimate of drug-likeness (QED) is 0.862. The number of para-hydroxylation sites is 1. The second kappa shape index (κ2) is 4.71. The Balaban J connectivity index is 2.77. The Morgan fingerprint density at radius 2 is 1.64 bits per heavy atom. The smallest absolute Gasteiger partial charge is 0.385 e. The van der Waals surface area contributed by atoms with Crippen LogP contribution in [0, 0.1) is 0 Å². The van der Waals surface area contributed by atoms with Gasteiger partial charge in [0, 0.05) is 0 Å². The van der Waals surface area contributed by atoms with Crippen LogP contribution < -0.4 is 4.31 Å². The van der Waals surface area contributed by atoms with E-state index in [1.165, 1.54) is 18.2 Å². The molecule has 0 saturated heterocycles. The molecule has 1 atom stereocenters. The summed E-state index contributed by atoms with van der Waals surface area (Å²) in [5.41, 5.74) is -6.21. The second-order valence-corrected chi connectivity index (χ2v) is 7.15. The van der Waals surface area contributed by atoms with Crippen molar-refractivity contribution in [2.45, 2.75) is 31.3 Å². The minimum Gasteiger partial charge on any atom is -0.385 e. The molecule has 0 aromatic heterocycles. The van der Waals surface area contributed by atoms with Crippen LogP contribution in [0.25, 0.3) is 0 Å². The zero-order chi connectivity index (χ0) is 17.0. The second-order valence-electron chi connectivity index (χ2n) is 5.40.